The molecule has 0 bridgehead atoms. The van der Waals surface area contributed by atoms with Gasteiger partial charge in [0.05, 0.1) is 12.6 Å². The van der Waals surface area contributed by atoms with Gasteiger partial charge in [-0.15, -0.1) is 0 Å². The molecule has 0 heterocycles. The van der Waals surface area contributed by atoms with E-state index in [2.05, 4.69) is 10.6 Å². The van der Waals surface area contributed by atoms with Crippen molar-refractivity contribution in [3.05, 3.63) is 29.3 Å². The van der Waals surface area contributed by atoms with Crippen molar-refractivity contribution in [2.75, 3.05) is 11.9 Å². The van der Waals surface area contributed by atoms with E-state index in [-0.39, 0.29) is 6.61 Å². The summed E-state index contributed by atoms with van der Waals surface area (Å²) in [6, 6.07) is 6.10. The van der Waals surface area contributed by atoms with Crippen molar-refractivity contribution >= 4 is 29.1 Å². The molecule has 1 unspecified atom stereocenters. The number of hydrogen-bond donors (Lipinski definition) is 3. The highest BCUT2D eigenvalue weighted by molar-refractivity contribution is 6.40. The number of benzene rings is 1. The molecule has 1 atom stereocenters. The van der Waals surface area contributed by atoms with E-state index in [9.17, 15) is 9.59 Å². The van der Waals surface area contributed by atoms with Gasteiger partial charge in [-0.05, 0) is 30.5 Å². The maximum absolute atomic E-state index is 11.7. The molecule has 0 aliphatic heterocycles. The molecular weight excluding hydrogens is 280 g/mol. The molecule has 5 nitrogen and oxygen atoms in total. The maximum Gasteiger partial charge on any atom is 0.313 e. The van der Waals surface area contributed by atoms with Gasteiger partial charge in [0.25, 0.3) is 0 Å². The second kappa shape index (κ2) is 7.87. The van der Waals surface area contributed by atoms with E-state index in [1.807, 2.05) is 13.8 Å². The molecule has 6 heteroatoms. The van der Waals surface area contributed by atoms with Crippen LogP contribution in [-0.2, 0) is 9.59 Å². The quantitative estimate of drug-likeness (QED) is 0.725. The topological polar surface area (TPSA) is 78.4 Å². The lowest BCUT2D eigenvalue weighted by Gasteiger charge is -2.17. The number of hydrogen-bond acceptors (Lipinski definition) is 3. The van der Waals surface area contributed by atoms with Crippen LogP contribution in [0.3, 0.4) is 0 Å². The summed E-state index contributed by atoms with van der Waals surface area (Å²) in [6.07, 6.45) is 0.604. The lowest BCUT2D eigenvalue weighted by atomic mass is 10.0. The first kappa shape index (κ1) is 16.5. The molecule has 110 valence electrons. The van der Waals surface area contributed by atoms with Crippen molar-refractivity contribution in [3.8, 4) is 0 Å². The zero-order chi connectivity index (χ0) is 15.1. The van der Waals surface area contributed by atoms with Crippen LogP contribution in [0.25, 0.3) is 0 Å². The Morgan fingerprint density at radius 3 is 2.55 bits per heavy atom. The molecule has 0 spiro atoms. The number of rotatable bonds is 5. The molecule has 1 rings (SSSR count). The molecule has 0 saturated carbocycles. The van der Waals surface area contributed by atoms with Crippen molar-refractivity contribution < 1.29 is 14.7 Å². The van der Waals surface area contributed by atoms with Crippen LogP contribution in [0.5, 0.6) is 0 Å². The second-order valence-electron chi connectivity index (χ2n) is 4.95. The lowest BCUT2D eigenvalue weighted by Crippen LogP contribution is -2.44. The molecular formula is C14H19ClN2O3. The summed E-state index contributed by atoms with van der Waals surface area (Å²) >= 11 is 5.79. The Morgan fingerprint density at radius 2 is 2.00 bits per heavy atom. The van der Waals surface area contributed by atoms with Gasteiger partial charge in [-0.3, -0.25) is 9.59 Å². The third-order valence-corrected chi connectivity index (χ3v) is 2.84. The van der Waals surface area contributed by atoms with E-state index in [0.717, 1.165) is 0 Å². The third kappa shape index (κ3) is 5.59. The van der Waals surface area contributed by atoms with Crippen molar-refractivity contribution in [3.63, 3.8) is 0 Å². The van der Waals surface area contributed by atoms with E-state index in [4.69, 9.17) is 16.7 Å². The number of aliphatic hydroxyl groups is 1. The van der Waals surface area contributed by atoms with Crippen molar-refractivity contribution in [2.45, 2.75) is 26.3 Å². The molecule has 1 aromatic carbocycles. The largest absolute Gasteiger partial charge is 0.394 e. The Labute approximate surface area is 123 Å². The molecule has 0 saturated heterocycles. The zero-order valence-corrected chi connectivity index (χ0v) is 12.3. The van der Waals surface area contributed by atoms with Crippen molar-refractivity contribution in [1.29, 1.82) is 0 Å². The Balaban J connectivity index is 2.56. The van der Waals surface area contributed by atoms with Gasteiger partial charge in [-0.1, -0.05) is 31.5 Å². The van der Waals surface area contributed by atoms with Crippen LogP contribution >= 0.6 is 11.6 Å². The summed E-state index contributed by atoms with van der Waals surface area (Å²) in [5.74, 6) is -1.25. The fourth-order valence-corrected chi connectivity index (χ4v) is 1.94. The summed E-state index contributed by atoms with van der Waals surface area (Å²) in [7, 11) is 0. The number of nitrogens with one attached hydrogen (secondary N) is 2. The predicted molar refractivity (Wildman–Crippen MR) is 78.6 cm³/mol. The first-order valence-electron chi connectivity index (χ1n) is 6.40. The van der Waals surface area contributed by atoms with Gasteiger partial charge in [0.15, 0.2) is 0 Å². The molecule has 20 heavy (non-hydrogen) atoms. The summed E-state index contributed by atoms with van der Waals surface area (Å²) in [6.45, 7) is 3.75. The molecule has 0 aromatic heterocycles. The van der Waals surface area contributed by atoms with Crippen LogP contribution in [0, 0.1) is 5.92 Å². The smallest absolute Gasteiger partial charge is 0.313 e. The van der Waals surface area contributed by atoms with Gasteiger partial charge in [0.2, 0.25) is 0 Å². The molecule has 0 fully saturated rings. The maximum atomic E-state index is 11.7. The van der Waals surface area contributed by atoms with E-state index < -0.39 is 17.9 Å². The Hall–Kier alpha value is -1.59. The average molecular weight is 299 g/mol. The van der Waals surface area contributed by atoms with Gasteiger partial charge >= 0.3 is 11.8 Å². The zero-order valence-electron chi connectivity index (χ0n) is 11.5. The van der Waals surface area contributed by atoms with Gasteiger partial charge in [0.1, 0.15) is 0 Å². The van der Waals surface area contributed by atoms with Gasteiger partial charge in [-0.25, -0.2) is 0 Å². The van der Waals surface area contributed by atoms with Crippen LogP contribution in [0.4, 0.5) is 5.69 Å². The number of halogens is 1. The van der Waals surface area contributed by atoms with E-state index in [0.29, 0.717) is 23.0 Å². The number of carbonyl (C=O) groups is 2. The molecule has 0 radical (unpaired) electrons. The molecule has 1 aromatic rings. The summed E-state index contributed by atoms with van der Waals surface area (Å²) in [5, 5.41) is 14.6. The van der Waals surface area contributed by atoms with E-state index in [1.165, 1.54) is 0 Å². The SMILES string of the molecule is CC(C)CC(CO)NC(=O)C(=O)Nc1cccc(Cl)c1. The molecule has 3 N–H and O–H groups in total. The van der Waals surface area contributed by atoms with Gasteiger partial charge in [0, 0.05) is 10.7 Å². The van der Waals surface area contributed by atoms with Crippen LogP contribution in [-0.4, -0.2) is 29.6 Å². The molecule has 2 amide bonds. The van der Waals surface area contributed by atoms with Crippen molar-refractivity contribution in [1.82, 2.24) is 5.32 Å². The average Bonchev–Trinajstić information content (AvgIpc) is 2.37. The van der Waals surface area contributed by atoms with Gasteiger partial charge < -0.3 is 15.7 Å². The number of amides is 2. The minimum absolute atomic E-state index is 0.200. The Morgan fingerprint density at radius 1 is 1.30 bits per heavy atom. The first-order valence-corrected chi connectivity index (χ1v) is 6.78. The van der Waals surface area contributed by atoms with Crippen LogP contribution < -0.4 is 10.6 Å². The minimum Gasteiger partial charge on any atom is -0.394 e. The normalized spacial score (nSPS) is 12.1. The fraction of sp³-hybridized carbons (Fsp3) is 0.429. The minimum atomic E-state index is -0.783. The first-order chi connectivity index (χ1) is 9.42. The van der Waals surface area contributed by atoms with Crippen molar-refractivity contribution in [2.24, 2.45) is 5.92 Å². The van der Waals surface area contributed by atoms with Crippen LogP contribution in [0.1, 0.15) is 20.3 Å². The van der Waals surface area contributed by atoms with E-state index in [1.54, 1.807) is 24.3 Å². The van der Waals surface area contributed by atoms with Gasteiger partial charge in [-0.2, -0.15) is 0 Å². The summed E-state index contributed by atoms with van der Waals surface area (Å²) < 4.78 is 0. The lowest BCUT2D eigenvalue weighted by molar-refractivity contribution is -0.136. The molecule has 0 aliphatic carbocycles. The predicted octanol–water partition coefficient (Wildman–Crippen LogP) is 1.80. The number of carbonyl (C=O) groups excluding carboxylic acids is 2. The third-order valence-electron chi connectivity index (χ3n) is 2.60. The Kier molecular flexibility index (Phi) is 6.48. The van der Waals surface area contributed by atoms with E-state index >= 15 is 0 Å². The highest BCUT2D eigenvalue weighted by Crippen LogP contribution is 2.14. The second-order valence-corrected chi connectivity index (χ2v) is 5.38. The van der Waals surface area contributed by atoms with Crippen LogP contribution in [0.2, 0.25) is 5.02 Å². The van der Waals surface area contributed by atoms with Crippen LogP contribution in [0.15, 0.2) is 24.3 Å². The summed E-state index contributed by atoms with van der Waals surface area (Å²) in [4.78, 5) is 23.4. The standard InChI is InChI=1S/C14H19ClN2O3/c1-9(2)6-12(8-18)17-14(20)13(19)16-11-5-3-4-10(15)7-11/h3-5,7,9,12,18H,6,8H2,1-2H3,(H,16,19)(H,17,20). The number of anilines is 1. The highest BCUT2D eigenvalue weighted by Gasteiger charge is 2.19. The molecule has 0 aliphatic rings. The number of aliphatic hydroxyl groups excluding tert-OH is 1. The summed E-state index contributed by atoms with van der Waals surface area (Å²) in [5.41, 5.74) is 0.446. The fourth-order valence-electron chi connectivity index (χ4n) is 1.75. The monoisotopic (exact) mass is 298 g/mol. The Bertz CT molecular complexity index is 477. The highest BCUT2D eigenvalue weighted by atomic mass is 35.5.